The van der Waals surface area contributed by atoms with Crippen LogP contribution in [0.1, 0.15) is 53.3 Å². The van der Waals surface area contributed by atoms with Crippen LogP contribution in [0.15, 0.2) is 24.4 Å². The topological polar surface area (TPSA) is 86.5 Å². The van der Waals surface area contributed by atoms with Crippen molar-refractivity contribution in [2.75, 3.05) is 26.8 Å². The van der Waals surface area contributed by atoms with Gasteiger partial charge in [-0.2, -0.15) is 0 Å². The smallest absolute Gasteiger partial charge is 0.360 e. The van der Waals surface area contributed by atoms with Crippen LogP contribution in [0.25, 0.3) is 0 Å². The lowest BCUT2D eigenvalue weighted by molar-refractivity contribution is -0.133. The third-order valence-corrected chi connectivity index (χ3v) is 5.31. The van der Waals surface area contributed by atoms with Gasteiger partial charge in [-0.05, 0) is 56.4 Å². The number of benzene rings is 1. The highest BCUT2D eigenvalue weighted by atomic mass is 16.5. The molecular weight excluding hydrogens is 372 g/mol. The van der Waals surface area contributed by atoms with Gasteiger partial charge in [0.15, 0.2) is 5.69 Å². The Morgan fingerprint density at radius 2 is 2.07 bits per heavy atom. The van der Waals surface area contributed by atoms with E-state index in [1.54, 1.807) is 10.9 Å². The molecule has 1 saturated heterocycles. The Morgan fingerprint density at radius 1 is 1.24 bits per heavy atom. The highest BCUT2D eigenvalue weighted by molar-refractivity contribution is 5.86. The van der Waals surface area contributed by atoms with E-state index in [-0.39, 0.29) is 17.6 Å². The van der Waals surface area contributed by atoms with Crippen LogP contribution in [0.3, 0.4) is 0 Å². The Hall–Kier alpha value is -2.90. The summed E-state index contributed by atoms with van der Waals surface area (Å²) in [5, 5.41) is 7.88. The van der Waals surface area contributed by atoms with E-state index < -0.39 is 5.97 Å². The molecule has 1 aromatic carbocycles. The van der Waals surface area contributed by atoms with Gasteiger partial charge in [-0.3, -0.25) is 4.79 Å². The van der Waals surface area contributed by atoms with Crippen molar-refractivity contribution in [1.29, 1.82) is 0 Å². The second-order valence-electron chi connectivity index (χ2n) is 7.41. The highest BCUT2D eigenvalue weighted by Gasteiger charge is 2.26. The van der Waals surface area contributed by atoms with Crippen molar-refractivity contribution in [3.05, 3.63) is 41.2 Å². The molecule has 0 spiro atoms. The number of amides is 1. The Bertz CT molecular complexity index is 864. The van der Waals surface area contributed by atoms with Gasteiger partial charge in [0, 0.05) is 19.5 Å². The molecule has 1 fully saturated rings. The normalized spacial score (nSPS) is 16.5. The molecule has 29 heavy (non-hydrogen) atoms. The molecule has 2 heterocycles. The Labute approximate surface area is 170 Å². The highest BCUT2D eigenvalue weighted by Crippen LogP contribution is 2.22. The first-order chi connectivity index (χ1) is 14.0. The van der Waals surface area contributed by atoms with E-state index in [0.717, 1.165) is 25.1 Å². The molecule has 0 N–H and O–H groups in total. The quantitative estimate of drug-likeness (QED) is 0.525. The SMILES string of the molecule is COC(=O)c1cn([C@H]2CCCN(C(=O)CCCOc3ccc(C)c(C)c3)C2)nn1. The number of aromatic nitrogens is 3. The zero-order valence-electron chi connectivity index (χ0n) is 17.3. The number of esters is 1. The van der Waals surface area contributed by atoms with Crippen molar-refractivity contribution in [3.8, 4) is 5.75 Å². The largest absolute Gasteiger partial charge is 0.494 e. The summed E-state index contributed by atoms with van der Waals surface area (Å²) in [6.07, 6.45) is 4.49. The van der Waals surface area contributed by atoms with Gasteiger partial charge >= 0.3 is 5.97 Å². The van der Waals surface area contributed by atoms with Crippen LogP contribution in [0.4, 0.5) is 0 Å². The van der Waals surface area contributed by atoms with Crippen LogP contribution >= 0.6 is 0 Å². The average Bonchev–Trinajstić information content (AvgIpc) is 3.23. The van der Waals surface area contributed by atoms with Crippen molar-refractivity contribution in [2.24, 2.45) is 0 Å². The first-order valence-corrected chi connectivity index (χ1v) is 9.96. The minimum atomic E-state index is -0.510. The zero-order valence-corrected chi connectivity index (χ0v) is 17.3. The molecule has 1 aliphatic rings. The molecule has 0 radical (unpaired) electrons. The van der Waals surface area contributed by atoms with Crippen molar-refractivity contribution >= 4 is 11.9 Å². The summed E-state index contributed by atoms with van der Waals surface area (Å²) in [6.45, 7) is 5.95. The lowest BCUT2D eigenvalue weighted by Crippen LogP contribution is -2.40. The summed E-state index contributed by atoms with van der Waals surface area (Å²) in [6, 6.07) is 6.04. The van der Waals surface area contributed by atoms with Crippen LogP contribution in [0.5, 0.6) is 5.75 Å². The summed E-state index contributed by atoms with van der Waals surface area (Å²) in [7, 11) is 1.31. The molecule has 1 atom stereocenters. The number of likely N-dealkylation sites (tertiary alicyclic amines) is 1. The van der Waals surface area contributed by atoms with E-state index in [1.165, 1.54) is 18.2 Å². The van der Waals surface area contributed by atoms with Gasteiger partial charge < -0.3 is 14.4 Å². The molecule has 0 unspecified atom stereocenters. The second kappa shape index (κ2) is 9.54. The number of rotatable bonds is 7. The van der Waals surface area contributed by atoms with Gasteiger partial charge in [-0.1, -0.05) is 11.3 Å². The lowest BCUT2D eigenvalue weighted by atomic mass is 10.1. The van der Waals surface area contributed by atoms with Crippen LogP contribution in [-0.2, 0) is 9.53 Å². The molecule has 3 rings (SSSR count). The molecule has 2 aromatic rings. The van der Waals surface area contributed by atoms with Crippen molar-refractivity contribution in [3.63, 3.8) is 0 Å². The number of aryl methyl sites for hydroxylation is 2. The van der Waals surface area contributed by atoms with E-state index in [9.17, 15) is 9.59 Å². The molecule has 156 valence electrons. The molecule has 1 amide bonds. The molecule has 0 aliphatic carbocycles. The van der Waals surface area contributed by atoms with E-state index in [4.69, 9.17) is 4.74 Å². The van der Waals surface area contributed by atoms with Gasteiger partial charge in [0.1, 0.15) is 5.75 Å². The number of ether oxygens (including phenoxy) is 2. The maximum absolute atomic E-state index is 12.6. The molecule has 8 heteroatoms. The minimum Gasteiger partial charge on any atom is -0.494 e. The number of piperidine rings is 1. The summed E-state index contributed by atoms with van der Waals surface area (Å²) in [5.41, 5.74) is 2.61. The maximum Gasteiger partial charge on any atom is 0.360 e. The summed E-state index contributed by atoms with van der Waals surface area (Å²) >= 11 is 0. The molecule has 1 aromatic heterocycles. The standard InChI is InChI=1S/C21H28N4O4/c1-15-8-9-18(12-16(15)2)29-11-5-7-20(26)24-10-4-6-17(13-24)25-14-19(22-23-25)21(27)28-3/h8-9,12,14,17H,4-7,10-11,13H2,1-3H3/t17-/m0/s1. The molecule has 8 nitrogen and oxygen atoms in total. The maximum atomic E-state index is 12.6. The fourth-order valence-corrected chi connectivity index (χ4v) is 3.43. The monoisotopic (exact) mass is 400 g/mol. The molecule has 0 bridgehead atoms. The first-order valence-electron chi connectivity index (χ1n) is 9.96. The molecule has 1 aliphatic heterocycles. The summed E-state index contributed by atoms with van der Waals surface area (Å²) in [4.78, 5) is 26.0. The van der Waals surface area contributed by atoms with Crippen molar-refractivity contribution in [2.45, 2.75) is 45.6 Å². The molecular formula is C21H28N4O4. The summed E-state index contributed by atoms with van der Waals surface area (Å²) < 4.78 is 12.1. The van der Waals surface area contributed by atoms with Gasteiger partial charge in [0.25, 0.3) is 0 Å². The average molecular weight is 400 g/mol. The zero-order chi connectivity index (χ0) is 20.8. The predicted octanol–water partition coefficient (Wildman–Crippen LogP) is 2.70. The second-order valence-corrected chi connectivity index (χ2v) is 7.41. The number of hydrogen-bond donors (Lipinski definition) is 0. The Kier molecular flexibility index (Phi) is 6.85. The fraction of sp³-hybridized carbons (Fsp3) is 0.524. The number of nitrogens with zero attached hydrogens (tertiary/aromatic N) is 4. The predicted molar refractivity (Wildman–Crippen MR) is 107 cm³/mol. The van der Waals surface area contributed by atoms with Gasteiger partial charge in [-0.25, -0.2) is 9.48 Å². The van der Waals surface area contributed by atoms with Gasteiger partial charge in [0.05, 0.1) is 26.0 Å². The van der Waals surface area contributed by atoms with E-state index in [1.807, 2.05) is 23.1 Å². The van der Waals surface area contributed by atoms with Gasteiger partial charge in [-0.15, -0.1) is 5.10 Å². The van der Waals surface area contributed by atoms with Crippen LogP contribution in [0, 0.1) is 13.8 Å². The van der Waals surface area contributed by atoms with Crippen LogP contribution in [-0.4, -0.2) is 58.6 Å². The van der Waals surface area contributed by atoms with E-state index >= 15 is 0 Å². The number of methoxy groups -OCH3 is 1. The Morgan fingerprint density at radius 3 is 2.83 bits per heavy atom. The van der Waals surface area contributed by atoms with E-state index in [2.05, 4.69) is 28.9 Å². The summed E-state index contributed by atoms with van der Waals surface area (Å²) in [5.74, 6) is 0.446. The number of carbonyl (C=O) groups excluding carboxylic acids is 2. The Balaban J connectivity index is 1.46. The lowest BCUT2D eigenvalue weighted by Gasteiger charge is -2.32. The van der Waals surface area contributed by atoms with Crippen molar-refractivity contribution < 1.29 is 19.1 Å². The minimum absolute atomic E-state index is 0.0189. The van der Waals surface area contributed by atoms with Crippen molar-refractivity contribution in [1.82, 2.24) is 19.9 Å². The van der Waals surface area contributed by atoms with Crippen LogP contribution < -0.4 is 4.74 Å². The van der Waals surface area contributed by atoms with Gasteiger partial charge in [0.2, 0.25) is 5.91 Å². The number of carbonyl (C=O) groups is 2. The number of hydrogen-bond acceptors (Lipinski definition) is 6. The fourth-order valence-electron chi connectivity index (χ4n) is 3.43. The van der Waals surface area contributed by atoms with Crippen LogP contribution in [0.2, 0.25) is 0 Å². The third-order valence-electron chi connectivity index (χ3n) is 5.31. The molecule has 0 saturated carbocycles. The first kappa shape index (κ1) is 20.8. The third kappa shape index (κ3) is 5.34. The van der Waals surface area contributed by atoms with E-state index in [0.29, 0.717) is 26.0 Å².